The summed E-state index contributed by atoms with van der Waals surface area (Å²) in [5.41, 5.74) is -3.22. The second-order valence-electron chi connectivity index (χ2n) is 6.34. The van der Waals surface area contributed by atoms with Crippen molar-refractivity contribution in [1.82, 2.24) is 0 Å². The van der Waals surface area contributed by atoms with Crippen LogP contribution in [0.4, 0.5) is 5.69 Å². The van der Waals surface area contributed by atoms with Gasteiger partial charge in [-0.3, -0.25) is 19.2 Å². The average molecular weight is 523 g/mol. The smallest absolute Gasteiger partial charge is 0.282 e. The molecule has 0 spiro atoms. The predicted octanol–water partition coefficient (Wildman–Crippen LogP) is 2.21. The highest BCUT2D eigenvalue weighted by atomic mass is 35.5. The van der Waals surface area contributed by atoms with Gasteiger partial charge in [-0.15, -0.1) is 0 Å². The zero-order valence-electron chi connectivity index (χ0n) is 15.3. The molecule has 0 amide bonds. The van der Waals surface area contributed by atoms with Crippen LogP contribution in [0.25, 0.3) is 21.9 Å². The number of nitro groups is 1. The maximum absolute atomic E-state index is 12.2. The molecule has 4 N–H and O–H groups in total. The number of hydrogen-bond acceptors (Lipinski definition) is 8. The molecule has 16 heteroatoms. The van der Waals surface area contributed by atoms with E-state index in [1.54, 1.807) is 18.2 Å². The fourth-order valence-electron chi connectivity index (χ4n) is 3.16. The van der Waals surface area contributed by atoms with Crippen molar-refractivity contribution in [2.75, 3.05) is 0 Å². The van der Waals surface area contributed by atoms with Crippen LogP contribution in [0.3, 0.4) is 0 Å². The van der Waals surface area contributed by atoms with Crippen molar-refractivity contribution < 1.29 is 39.3 Å². The predicted molar refractivity (Wildman–Crippen MR) is 112 cm³/mol. The molecule has 0 atom stereocenters. The van der Waals surface area contributed by atoms with Crippen molar-refractivity contribution >= 4 is 58.3 Å². The van der Waals surface area contributed by atoms with Crippen LogP contribution in [0.2, 0.25) is 5.02 Å². The molecule has 0 aliphatic rings. The number of primary sulfonamides is 1. The van der Waals surface area contributed by atoms with Gasteiger partial charge in [-0.2, -0.15) is 16.8 Å². The summed E-state index contributed by atoms with van der Waals surface area (Å²) in [5.74, 6) is 0. The minimum atomic E-state index is -5.70. The summed E-state index contributed by atoms with van der Waals surface area (Å²) >= 11 is 5.82. The number of halogens is 1. The lowest BCUT2D eigenvalue weighted by Crippen LogP contribution is -2.21. The average Bonchev–Trinajstić information content (AvgIpc) is 2.63. The van der Waals surface area contributed by atoms with Crippen molar-refractivity contribution in [3.8, 4) is 11.1 Å². The molecule has 32 heavy (non-hydrogen) atoms. The summed E-state index contributed by atoms with van der Waals surface area (Å²) in [4.78, 5) is 5.05. The van der Waals surface area contributed by atoms with Gasteiger partial charge >= 0.3 is 5.69 Å². The highest BCUT2D eigenvalue weighted by Gasteiger charge is 2.43. The van der Waals surface area contributed by atoms with E-state index in [4.69, 9.17) is 16.7 Å². The Labute approximate surface area is 185 Å². The molecule has 0 aliphatic heterocycles. The number of nitrogens with zero attached hydrogens (tertiary/aromatic N) is 1. The summed E-state index contributed by atoms with van der Waals surface area (Å²) in [6.45, 7) is 0. The quantitative estimate of drug-likeness (QED) is 0.252. The molecule has 0 bridgehead atoms. The Hall–Kier alpha value is -2.66. The molecule has 12 nitrogen and oxygen atoms in total. The fraction of sp³-hybridized carbons (Fsp3) is 0. The SMILES string of the molecule is NS(=O)(=O)c1c([N+](=O)[O-])c(Cl)c(S(=O)(=O)O)c(-c2ccc3ccccc3c2)c1S(=O)(=O)O. The van der Waals surface area contributed by atoms with E-state index in [0.29, 0.717) is 10.8 Å². The molecule has 0 unspecified atom stereocenters. The van der Waals surface area contributed by atoms with Gasteiger partial charge in [0.15, 0.2) is 4.90 Å². The van der Waals surface area contributed by atoms with Gasteiger partial charge in [0.1, 0.15) is 14.8 Å². The number of benzene rings is 3. The molecule has 0 aromatic heterocycles. The third kappa shape index (κ3) is 4.18. The number of sulfonamides is 1. The van der Waals surface area contributed by atoms with E-state index in [9.17, 15) is 44.5 Å². The van der Waals surface area contributed by atoms with E-state index < -0.39 is 66.1 Å². The Kier molecular flexibility index (Phi) is 5.80. The molecular formula is C16H11ClN2O10S3. The molecule has 3 aromatic carbocycles. The van der Waals surface area contributed by atoms with Gasteiger partial charge in [0.25, 0.3) is 20.2 Å². The zero-order chi connectivity index (χ0) is 24.2. The van der Waals surface area contributed by atoms with Gasteiger partial charge < -0.3 is 0 Å². The molecule has 0 fully saturated rings. The molecule has 0 aliphatic carbocycles. The van der Waals surface area contributed by atoms with E-state index >= 15 is 0 Å². The van der Waals surface area contributed by atoms with Crippen molar-refractivity contribution in [2.24, 2.45) is 5.14 Å². The molecule has 3 aromatic rings. The van der Waals surface area contributed by atoms with E-state index in [-0.39, 0.29) is 5.56 Å². The van der Waals surface area contributed by atoms with Crippen molar-refractivity contribution in [1.29, 1.82) is 0 Å². The summed E-state index contributed by atoms with van der Waals surface area (Å²) in [6, 6.07) is 10.1. The number of rotatable bonds is 5. The van der Waals surface area contributed by atoms with Crippen LogP contribution < -0.4 is 5.14 Å². The Morgan fingerprint density at radius 2 is 1.38 bits per heavy atom. The van der Waals surface area contributed by atoms with E-state index in [2.05, 4.69) is 0 Å². The van der Waals surface area contributed by atoms with Crippen LogP contribution in [0.5, 0.6) is 0 Å². The largest absolute Gasteiger partial charge is 0.310 e. The van der Waals surface area contributed by atoms with E-state index in [0.717, 1.165) is 6.07 Å². The molecule has 0 saturated heterocycles. The number of fused-ring (bicyclic) bond motifs is 1. The first kappa shape index (κ1) is 24.0. The fourth-order valence-corrected chi connectivity index (χ4v) is 6.92. The molecule has 0 saturated carbocycles. The van der Waals surface area contributed by atoms with Gasteiger partial charge in [-0.1, -0.05) is 48.0 Å². The highest BCUT2D eigenvalue weighted by molar-refractivity contribution is 7.91. The lowest BCUT2D eigenvalue weighted by Gasteiger charge is -2.17. The highest BCUT2D eigenvalue weighted by Crippen LogP contribution is 2.48. The maximum atomic E-state index is 12.2. The molecule has 170 valence electrons. The zero-order valence-corrected chi connectivity index (χ0v) is 18.5. The van der Waals surface area contributed by atoms with Crippen LogP contribution in [0.15, 0.2) is 57.2 Å². The summed E-state index contributed by atoms with van der Waals surface area (Å²) < 4.78 is 92.5. The Morgan fingerprint density at radius 1 is 0.844 bits per heavy atom. The Bertz CT molecular complexity index is 1630. The van der Waals surface area contributed by atoms with Gasteiger partial charge in [0.05, 0.1) is 4.92 Å². The normalized spacial score (nSPS) is 12.8. The van der Waals surface area contributed by atoms with Crippen LogP contribution in [-0.2, 0) is 30.3 Å². The van der Waals surface area contributed by atoms with Crippen LogP contribution >= 0.6 is 11.6 Å². The standard InChI is InChI=1S/C16H11ClN2O10S3/c17-12-13(19(20)21)16(30(18,22)23)15(32(27,28)29)11(14(12)31(24,25)26)10-6-5-8-3-1-2-4-9(8)7-10/h1-7H,(H2,18,22,23)(H,24,25,26)(H,27,28,29). The molecule has 3 rings (SSSR count). The van der Waals surface area contributed by atoms with Gasteiger partial charge in [-0.25, -0.2) is 13.6 Å². The van der Waals surface area contributed by atoms with Crippen LogP contribution in [-0.4, -0.2) is 39.3 Å². The summed E-state index contributed by atoms with van der Waals surface area (Å²) in [5, 5.41) is 16.1. The first-order chi connectivity index (χ1) is 14.5. The lowest BCUT2D eigenvalue weighted by molar-refractivity contribution is -0.388. The monoisotopic (exact) mass is 522 g/mol. The van der Waals surface area contributed by atoms with Crippen molar-refractivity contribution in [2.45, 2.75) is 14.7 Å². The summed E-state index contributed by atoms with van der Waals surface area (Å²) in [7, 11) is -16.5. The van der Waals surface area contributed by atoms with E-state index in [1.807, 2.05) is 0 Å². The second kappa shape index (κ2) is 7.73. The Morgan fingerprint density at radius 3 is 1.84 bits per heavy atom. The minimum absolute atomic E-state index is 0.356. The molecule has 0 radical (unpaired) electrons. The number of nitrogens with two attached hydrogens (primary N) is 1. The van der Waals surface area contributed by atoms with E-state index in [1.165, 1.54) is 18.2 Å². The van der Waals surface area contributed by atoms with Crippen molar-refractivity contribution in [3.63, 3.8) is 0 Å². The van der Waals surface area contributed by atoms with Gasteiger partial charge in [0, 0.05) is 5.56 Å². The van der Waals surface area contributed by atoms with Gasteiger partial charge in [-0.05, 0) is 22.4 Å². The van der Waals surface area contributed by atoms with Crippen molar-refractivity contribution in [3.05, 3.63) is 57.6 Å². The third-order valence-corrected chi connectivity index (χ3v) is 7.73. The third-order valence-electron chi connectivity index (χ3n) is 4.30. The van der Waals surface area contributed by atoms with Crippen LogP contribution in [0, 0.1) is 10.1 Å². The Balaban J connectivity index is 2.78. The minimum Gasteiger partial charge on any atom is -0.282 e. The van der Waals surface area contributed by atoms with Crippen LogP contribution in [0.1, 0.15) is 0 Å². The molecule has 0 heterocycles. The second-order valence-corrected chi connectivity index (χ2v) is 10.9. The van der Waals surface area contributed by atoms with Gasteiger partial charge in [0.2, 0.25) is 10.0 Å². The molecular weight excluding hydrogens is 512 g/mol. The first-order valence-corrected chi connectivity index (χ1v) is 12.9. The number of hydrogen-bond donors (Lipinski definition) is 3. The topological polar surface area (TPSA) is 212 Å². The lowest BCUT2D eigenvalue weighted by atomic mass is 10.0. The maximum Gasteiger partial charge on any atom is 0.310 e. The first-order valence-electron chi connectivity index (χ1n) is 8.06. The number of nitro benzene ring substituents is 1. The summed E-state index contributed by atoms with van der Waals surface area (Å²) in [6.07, 6.45) is 0.